The number of nitrogens with one attached hydrogen (secondary N) is 1. The Morgan fingerprint density at radius 1 is 1.10 bits per heavy atom. The number of fused-ring (bicyclic) bond motifs is 1. The van der Waals surface area contributed by atoms with Gasteiger partial charge in [0.2, 0.25) is 5.95 Å². The highest BCUT2D eigenvalue weighted by molar-refractivity contribution is 7.84. The number of anilines is 1. The van der Waals surface area contributed by atoms with Crippen molar-refractivity contribution in [3.05, 3.63) is 75.0 Å². The first-order chi connectivity index (χ1) is 18.4. The Morgan fingerprint density at radius 3 is 2.46 bits per heavy atom. The second-order valence-electron chi connectivity index (χ2n) is 11.5. The van der Waals surface area contributed by atoms with Crippen LogP contribution in [0.4, 0.5) is 5.95 Å². The van der Waals surface area contributed by atoms with Crippen LogP contribution in [0.5, 0.6) is 0 Å². The minimum absolute atomic E-state index is 0.00732. The molecule has 1 spiro atoms. The summed E-state index contributed by atoms with van der Waals surface area (Å²) in [5, 5.41) is 0.704. The number of rotatable bonds is 5. The molecular formula is C29H33Cl2N5O2S. The predicted molar refractivity (Wildman–Crippen MR) is 159 cm³/mol. The van der Waals surface area contributed by atoms with Crippen LogP contribution in [-0.4, -0.2) is 37.9 Å². The van der Waals surface area contributed by atoms with Crippen LogP contribution in [0.15, 0.2) is 42.5 Å². The van der Waals surface area contributed by atoms with Gasteiger partial charge in [-0.2, -0.15) is 0 Å². The number of halogens is 2. The lowest BCUT2D eigenvalue weighted by atomic mass is 9.73. The smallest absolute Gasteiger partial charge is 0.268 e. The van der Waals surface area contributed by atoms with Crippen LogP contribution in [0.25, 0.3) is 11.1 Å². The molecule has 0 radical (unpaired) electrons. The van der Waals surface area contributed by atoms with Gasteiger partial charge in [0.05, 0.1) is 37.5 Å². The second-order valence-corrected chi connectivity index (χ2v) is 14.2. The molecule has 2 aliphatic rings. The number of amides is 1. The van der Waals surface area contributed by atoms with E-state index in [1.165, 1.54) is 11.1 Å². The van der Waals surface area contributed by atoms with Crippen LogP contribution in [0.2, 0.25) is 10.0 Å². The molecule has 1 aliphatic carbocycles. The number of piperidine rings is 1. The first-order valence-electron chi connectivity index (χ1n) is 13.0. The molecule has 3 aromatic rings. The molecule has 0 saturated carbocycles. The van der Waals surface area contributed by atoms with Crippen LogP contribution in [-0.2, 0) is 17.4 Å². The summed E-state index contributed by atoms with van der Waals surface area (Å²) in [7, 11) is -1.20. The number of benzene rings is 2. The van der Waals surface area contributed by atoms with Crippen molar-refractivity contribution in [1.29, 1.82) is 0 Å². The highest BCUT2D eigenvalue weighted by Gasteiger charge is 2.49. The summed E-state index contributed by atoms with van der Waals surface area (Å²) >= 11 is 12.7. The number of carbonyl (C=O) groups excluding carboxylic acids is 1. The van der Waals surface area contributed by atoms with Gasteiger partial charge in [-0.1, -0.05) is 59.6 Å². The second kappa shape index (κ2) is 10.5. The van der Waals surface area contributed by atoms with Gasteiger partial charge < -0.3 is 10.6 Å². The number of primary amides is 1. The third kappa shape index (κ3) is 5.20. The molecule has 10 heteroatoms. The summed E-state index contributed by atoms with van der Waals surface area (Å²) < 4.78 is 16.3. The van der Waals surface area contributed by atoms with E-state index in [1.807, 2.05) is 27.7 Å². The standard InChI is InChI=1S/C29H33Cl2N5O2S/c1-17-22(20-10-7-11-21(30)23(20)31)24(26(32)37)34-27(33-17)36-14-12-29(13-15-36)16-18-8-5-6-9-19(18)25(29)35-39(38)28(2,3)4/h5-11,25,35H,12-16H2,1-4H3,(H2,32,37)/t25-,39?/m1/s1. The summed E-state index contributed by atoms with van der Waals surface area (Å²) in [6, 6.07) is 13.7. The Balaban J connectivity index is 1.44. The van der Waals surface area contributed by atoms with Gasteiger partial charge in [0.15, 0.2) is 0 Å². The predicted octanol–water partition coefficient (Wildman–Crippen LogP) is 5.79. The Morgan fingerprint density at radius 2 is 1.79 bits per heavy atom. The van der Waals surface area contributed by atoms with Crippen molar-refractivity contribution in [2.24, 2.45) is 11.1 Å². The number of carbonyl (C=O) groups is 1. The van der Waals surface area contributed by atoms with Gasteiger partial charge in [0.1, 0.15) is 5.69 Å². The van der Waals surface area contributed by atoms with Crippen molar-refractivity contribution >= 4 is 46.0 Å². The monoisotopic (exact) mass is 585 g/mol. The average molecular weight is 587 g/mol. The molecule has 5 rings (SSSR count). The van der Waals surface area contributed by atoms with E-state index < -0.39 is 16.9 Å². The van der Waals surface area contributed by atoms with Crippen molar-refractivity contribution in [2.45, 2.75) is 57.7 Å². The number of nitrogens with two attached hydrogens (primary N) is 1. The van der Waals surface area contributed by atoms with Gasteiger partial charge in [0.25, 0.3) is 5.91 Å². The molecule has 2 heterocycles. The molecule has 1 fully saturated rings. The maximum absolute atomic E-state index is 13.2. The molecule has 206 valence electrons. The van der Waals surface area contributed by atoms with E-state index in [-0.39, 0.29) is 21.9 Å². The highest BCUT2D eigenvalue weighted by atomic mass is 35.5. The fraction of sp³-hybridized carbons (Fsp3) is 0.414. The molecule has 7 nitrogen and oxygen atoms in total. The lowest BCUT2D eigenvalue weighted by molar-refractivity contribution is 0.0996. The van der Waals surface area contributed by atoms with Gasteiger partial charge in [-0.15, -0.1) is 0 Å². The third-order valence-corrected chi connectivity index (χ3v) is 10.3. The van der Waals surface area contributed by atoms with Crippen molar-refractivity contribution < 1.29 is 9.00 Å². The fourth-order valence-corrected chi connectivity index (χ4v) is 7.11. The molecule has 1 amide bonds. The van der Waals surface area contributed by atoms with Gasteiger partial charge in [0, 0.05) is 24.2 Å². The minimum atomic E-state index is -1.20. The van der Waals surface area contributed by atoms with Crippen LogP contribution in [0.3, 0.4) is 0 Å². The first-order valence-corrected chi connectivity index (χ1v) is 15.0. The van der Waals surface area contributed by atoms with Crippen molar-refractivity contribution in [3.63, 3.8) is 0 Å². The molecule has 1 aliphatic heterocycles. The Kier molecular flexibility index (Phi) is 7.52. The van der Waals surface area contributed by atoms with E-state index >= 15 is 0 Å². The SMILES string of the molecule is Cc1nc(N2CCC3(CC2)Cc2ccccc2[C@H]3NS(=O)C(C)(C)C)nc(C(N)=O)c1-c1cccc(Cl)c1Cl. The van der Waals surface area contributed by atoms with E-state index in [4.69, 9.17) is 33.9 Å². The molecule has 2 atom stereocenters. The molecule has 3 N–H and O–H groups in total. The zero-order valence-electron chi connectivity index (χ0n) is 22.6. The van der Waals surface area contributed by atoms with Gasteiger partial charge in [-0.3, -0.25) is 4.79 Å². The quantitative estimate of drug-likeness (QED) is 0.394. The van der Waals surface area contributed by atoms with Crippen LogP contribution in [0.1, 0.15) is 67.0 Å². The van der Waals surface area contributed by atoms with Crippen LogP contribution in [0, 0.1) is 12.3 Å². The summed E-state index contributed by atoms with van der Waals surface area (Å²) in [6.45, 7) is 9.19. The zero-order valence-corrected chi connectivity index (χ0v) is 24.9. The lowest BCUT2D eigenvalue weighted by Crippen LogP contribution is -2.48. The van der Waals surface area contributed by atoms with Crippen molar-refractivity contribution in [3.8, 4) is 11.1 Å². The van der Waals surface area contributed by atoms with Crippen LogP contribution >= 0.6 is 23.2 Å². The van der Waals surface area contributed by atoms with Gasteiger partial charge in [-0.05, 0) is 69.6 Å². The molecule has 0 bridgehead atoms. The van der Waals surface area contributed by atoms with E-state index in [0.717, 1.165) is 19.3 Å². The highest BCUT2D eigenvalue weighted by Crippen LogP contribution is 2.52. The maximum atomic E-state index is 13.2. The maximum Gasteiger partial charge on any atom is 0.268 e. The van der Waals surface area contributed by atoms with Crippen molar-refractivity contribution in [1.82, 2.24) is 14.7 Å². The molecule has 39 heavy (non-hydrogen) atoms. The Labute approximate surface area is 242 Å². The van der Waals surface area contributed by atoms with Gasteiger partial charge >= 0.3 is 0 Å². The largest absolute Gasteiger partial charge is 0.364 e. The summed E-state index contributed by atoms with van der Waals surface area (Å²) in [4.78, 5) is 24.1. The molecular weight excluding hydrogens is 553 g/mol. The summed E-state index contributed by atoms with van der Waals surface area (Å²) in [5.41, 5.74) is 10.0. The molecule has 1 aromatic heterocycles. The fourth-order valence-electron chi connectivity index (χ4n) is 5.78. The van der Waals surface area contributed by atoms with E-state index in [9.17, 15) is 9.00 Å². The summed E-state index contributed by atoms with van der Waals surface area (Å²) in [6.07, 6.45) is 2.64. The van der Waals surface area contributed by atoms with Gasteiger partial charge in [-0.25, -0.2) is 18.9 Å². The third-order valence-electron chi connectivity index (χ3n) is 7.88. The molecule has 1 saturated heterocycles. The number of hydrogen-bond acceptors (Lipinski definition) is 5. The normalized spacial score (nSPS) is 19.2. The van der Waals surface area contributed by atoms with E-state index in [2.05, 4.69) is 38.9 Å². The Hall–Kier alpha value is -2.52. The molecule has 2 aromatic carbocycles. The van der Waals surface area contributed by atoms with Crippen LogP contribution < -0.4 is 15.4 Å². The molecule has 1 unspecified atom stereocenters. The van der Waals surface area contributed by atoms with Crippen molar-refractivity contribution in [2.75, 3.05) is 18.0 Å². The van der Waals surface area contributed by atoms with E-state index in [0.29, 0.717) is 45.9 Å². The summed E-state index contributed by atoms with van der Waals surface area (Å²) in [5.74, 6) is -0.183. The Bertz CT molecular complexity index is 1460. The zero-order chi connectivity index (χ0) is 28.1. The minimum Gasteiger partial charge on any atom is -0.364 e. The topological polar surface area (TPSA) is 101 Å². The number of aryl methyl sites for hydroxylation is 1. The number of nitrogens with zero attached hydrogens (tertiary/aromatic N) is 3. The van der Waals surface area contributed by atoms with E-state index in [1.54, 1.807) is 18.2 Å². The number of hydrogen-bond donors (Lipinski definition) is 2. The average Bonchev–Trinajstić information content (AvgIpc) is 3.17. The lowest BCUT2D eigenvalue weighted by Gasteiger charge is -2.44. The first kappa shape index (κ1) is 28.0. The number of aromatic nitrogens is 2.